The molecule has 1 aliphatic carbocycles. The standard InChI is InChI=1S/C18H21ClN2O4/c1-11-15(17(22)25-10-9-24-2)16(12-3-5-13(19)6-4-12)20-18(23)21(11)14-7-8-14/h3-6,14,16H,7-10H2,1-2H3,(H,20,23)/t16-/m1/s1. The van der Waals surface area contributed by atoms with E-state index in [1.807, 2.05) is 0 Å². The van der Waals surface area contributed by atoms with E-state index in [1.165, 1.54) is 0 Å². The number of amides is 2. The minimum absolute atomic E-state index is 0.160. The van der Waals surface area contributed by atoms with E-state index in [9.17, 15) is 9.59 Å². The largest absolute Gasteiger partial charge is 0.460 e. The molecule has 25 heavy (non-hydrogen) atoms. The first-order valence-corrected chi connectivity index (χ1v) is 8.62. The molecule has 1 N–H and O–H groups in total. The molecule has 1 aromatic carbocycles. The fourth-order valence-electron chi connectivity index (χ4n) is 2.99. The SMILES string of the molecule is COCCOC(=O)C1=C(C)N(C2CC2)C(=O)N[C@@H]1c1ccc(Cl)cc1. The number of nitrogens with zero attached hydrogens (tertiary/aromatic N) is 1. The summed E-state index contributed by atoms with van der Waals surface area (Å²) in [4.78, 5) is 26.9. The molecule has 0 spiro atoms. The predicted octanol–water partition coefficient (Wildman–Crippen LogP) is 3.03. The Morgan fingerprint density at radius 2 is 1.96 bits per heavy atom. The number of ether oxygens (including phenoxy) is 2. The zero-order chi connectivity index (χ0) is 18.0. The van der Waals surface area contributed by atoms with Crippen LogP contribution in [-0.4, -0.2) is 43.3 Å². The molecule has 7 heteroatoms. The van der Waals surface area contributed by atoms with Crippen LogP contribution in [0.2, 0.25) is 5.02 Å². The molecule has 2 amide bonds. The Morgan fingerprint density at radius 1 is 1.28 bits per heavy atom. The second-order valence-electron chi connectivity index (χ2n) is 6.16. The van der Waals surface area contributed by atoms with Crippen molar-refractivity contribution < 1.29 is 19.1 Å². The molecule has 1 atom stereocenters. The van der Waals surface area contributed by atoms with Crippen molar-refractivity contribution in [2.75, 3.05) is 20.3 Å². The minimum Gasteiger partial charge on any atom is -0.460 e. The molecule has 0 aromatic heterocycles. The molecule has 1 aromatic rings. The maximum Gasteiger partial charge on any atom is 0.338 e. The Kier molecular flexibility index (Phi) is 5.30. The average Bonchev–Trinajstić information content (AvgIpc) is 3.40. The van der Waals surface area contributed by atoms with E-state index in [1.54, 1.807) is 43.2 Å². The van der Waals surface area contributed by atoms with Crippen molar-refractivity contribution in [2.24, 2.45) is 0 Å². The van der Waals surface area contributed by atoms with E-state index >= 15 is 0 Å². The summed E-state index contributed by atoms with van der Waals surface area (Å²) in [7, 11) is 1.55. The molecule has 1 fully saturated rings. The molecule has 1 heterocycles. The van der Waals surface area contributed by atoms with Crippen molar-refractivity contribution >= 4 is 23.6 Å². The number of carbonyl (C=O) groups is 2. The molecular weight excluding hydrogens is 344 g/mol. The summed E-state index contributed by atoms with van der Waals surface area (Å²) in [5.74, 6) is -0.444. The number of allylic oxidation sites excluding steroid dienone is 1. The Bertz CT molecular complexity index is 698. The number of carbonyl (C=O) groups excluding carboxylic acids is 2. The Morgan fingerprint density at radius 3 is 2.56 bits per heavy atom. The number of esters is 1. The number of urea groups is 1. The van der Waals surface area contributed by atoms with Gasteiger partial charge >= 0.3 is 12.0 Å². The van der Waals surface area contributed by atoms with Crippen molar-refractivity contribution in [3.63, 3.8) is 0 Å². The lowest BCUT2D eigenvalue weighted by Gasteiger charge is -2.35. The number of rotatable bonds is 6. The number of benzene rings is 1. The second-order valence-corrected chi connectivity index (χ2v) is 6.60. The highest BCUT2D eigenvalue weighted by Crippen LogP contribution is 2.38. The molecule has 0 bridgehead atoms. The number of methoxy groups -OCH3 is 1. The summed E-state index contributed by atoms with van der Waals surface area (Å²) in [6.45, 7) is 2.28. The third-order valence-electron chi connectivity index (χ3n) is 4.38. The first-order valence-electron chi connectivity index (χ1n) is 8.25. The van der Waals surface area contributed by atoms with Gasteiger partial charge in [0.25, 0.3) is 0 Å². The third kappa shape index (κ3) is 3.80. The van der Waals surface area contributed by atoms with Crippen molar-refractivity contribution in [3.8, 4) is 0 Å². The summed E-state index contributed by atoms with van der Waals surface area (Å²) < 4.78 is 10.3. The maximum atomic E-state index is 12.7. The van der Waals surface area contributed by atoms with Gasteiger partial charge in [0.05, 0.1) is 18.2 Å². The van der Waals surface area contributed by atoms with Crippen LogP contribution in [0.3, 0.4) is 0 Å². The molecule has 3 rings (SSSR count). The van der Waals surface area contributed by atoms with Gasteiger partial charge in [0.1, 0.15) is 6.61 Å². The lowest BCUT2D eigenvalue weighted by atomic mass is 9.95. The van der Waals surface area contributed by atoms with E-state index in [-0.39, 0.29) is 18.7 Å². The summed E-state index contributed by atoms with van der Waals surface area (Å²) >= 11 is 5.95. The highest BCUT2D eigenvalue weighted by Gasteiger charge is 2.42. The van der Waals surface area contributed by atoms with Crippen molar-refractivity contribution in [1.29, 1.82) is 0 Å². The number of halogens is 1. The van der Waals surface area contributed by atoms with Gasteiger partial charge in [0.15, 0.2) is 0 Å². The van der Waals surface area contributed by atoms with Crippen LogP contribution in [0.15, 0.2) is 35.5 Å². The van der Waals surface area contributed by atoms with E-state index < -0.39 is 12.0 Å². The first-order chi connectivity index (χ1) is 12.0. The number of hydrogen-bond donors (Lipinski definition) is 1. The monoisotopic (exact) mass is 364 g/mol. The fraction of sp³-hybridized carbons (Fsp3) is 0.444. The van der Waals surface area contributed by atoms with E-state index in [2.05, 4.69) is 5.32 Å². The van der Waals surface area contributed by atoms with Crippen LogP contribution in [0.1, 0.15) is 31.4 Å². The molecule has 0 saturated heterocycles. The Labute approximate surface area is 151 Å². The Balaban J connectivity index is 1.95. The normalized spacial score (nSPS) is 20.5. The van der Waals surface area contributed by atoms with Gasteiger partial charge in [-0.3, -0.25) is 4.90 Å². The molecule has 1 saturated carbocycles. The van der Waals surface area contributed by atoms with Crippen molar-refractivity contribution in [2.45, 2.75) is 31.8 Å². The number of hydrogen-bond acceptors (Lipinski definition) is 4. The average molecular weight is 365 g/mol. The van der Waals surface area contributed by atoms with Crippen LogP contribution in [-0.2, 0) is 14.3 Å². The van der Waals surface area contributed by atoms with Crippen molar-refractivity contribution in [3.05, 3.63) is 46.1 Å². The van der Waals surface area contributed by atoms with Gasteiger partial charge in [0.2, 0.25) is 0 Å². The van der Waals surface area contributed by atoms with Crippen LogP contribution in [0.4, 0.5) is 4.79 Å². The van der Waals surface area contributed by atoms with Crippen LogP contribution in [0.25, 0.3) is 0 Å². The molecule has 1 aliphatic heterocycles. The van der Waals surface area contributed by atoms with Gasteiger partial charge < -0.3 is 14.8 Å². The van der Waals surface area contributed by atoms with E-state index in [0.29, 0.717) is 22.9 Å². The fourth-order valence-corrected chi connectivity index (χ4v) is 3.12. The second kappa shape index (κ2) is 7.45. The zero-order valence-corrected chi connectivity index (χ0v) is 15.0. The van der Waals surface area contributed by atoms with E-state index in [4.69, 9.17) is 21.1 Å². The third-order valence-corrected chi connectivity index (χ3v) is 4.63. The number of nitrogens with one attached hydrogen (secondary N) is 1. The summed E-state index contributed by atoms with van der Waals surface area (Å²) in [5, 5.41) is 3.52. The summed E-state index contributed by atoms with van der Waals surface area (Å²) in [6, 6.07) is 6.49. The smallest absolute Gasteiger partial charge is 0.338 e. The highest BCUT2D eigenvalue weighted by atomic mass is 35.5. The van der Waals surface area contributed by atoms with Gasteiger partial charge in [-0.1, -0.05) is 23.7 Å². The Hall–Kier alpha value is -2.05. The maximum absolute atomic E-state index is 12.7. The molecule has 6 nitrogen and oxygen atoms in total. The highest BCUT2D eigenvalue weighted by molar-refractivity contribution is 6.30. The quantitative estimate of drug-likeness (QED) is 0.622. The first kappa shape index (κ1) is 17.8. The molecular formula is C18H21ClN2O4. The van der Waals surface area contributed by atoms with Gasteiger partial charge in [0, 0.05) is 23.9 Å². The lowest BCUT2D eigenvalue weighted by Crippen LogP contribution is -2.48. The molecule has 0 radical (unpaired) electrons. The summed E-state index contributed by atoms with van der Waals surface area (Å²) in [6.07, 6.45) is 1.89. The lowest BCUT2D eigenvalue weighted by molar-refractivity contribution is -0.140. The van der Waals surface area contributed by atoms with Gasteiger partial charge in [-0.25, -0.2) is 9.59 Å². The van der Waals surface area contributed by atoms with Crippen LogP contribution < -0.4 is 5.32 Å². The minimum atomic E-state index is -0.560. The van der Waals surface area contributed by atoms with E-state index in [0.717, 1.165) is 18.4 Å². The van der Waals surface area contributed by atoms with Gasteiger partial charge in [-0.2, -0.15) is 0 Å². The van der Waals surface area contributed by atoms with Gasteiger partial charge in [-0.15, -0.1) is 0 Å². The molecule has 2 aliphatic rings. The van der Waals surface area contributed by atoms with Crippen LogP contribution in [0, 0.1) is 0 Å². The topological polar surface area (TPSA) is 67.9 Å². The predicted molar refractivity (Wildman–Crippen MR) is 93.1 cm³/mol. The summed E-state index contributed by atoms with van der Waals surface area (Å²) in [5.41, 5.74) is 1.88. The van der Waals surface area contributed by atoms with Crippen molar-refractivity contribution in [1.82, 2.24) is 10.2 Å². The van der Waals surface area contributed by atoms with Gasteiger partial charge in [-0.05, 0) is 37.5 Å². The molecule has 0 unspecified atom stereocenters. The van der Waals surface area contributed by atoms with Crippen LogP contribution >= 0.6 is 11.6 Å². The van der Waals surface area contributed by atoms with Crippen LogP contribution in [0.5, 0.6) is 0 Å². The molecule has 134 valence electrons. The zero-order valence-electron chi connectivity index (χ0n) is 14.3.